The van der Waals surface area contributed by atoms with Crippen LogP contribution in [0.1, 0.15) is 176 Å². The molecule has 76 heavy (non-hydrogen) atoms. The van der Waals surface area contributed by atoms with Crippen molar-refractivity contribution in [3.63, 3.8) is 0 Å². The van der Waals surface area contributed by atoms with Crippen molar-refractivity contribution in [3.05, 3.63) is 68.6 Å². The van der Waals surface area contributed by atoms with E-state index in [0.29, 0.717) is 54.2 Å². The molecule has 5 N–H and O–H groups in total. The molecule has 4 unspecified atom stereocenters. The van der Waals surface area contributed by atoms with Gasteiger partial charge in [-0.1, -0.05) is 120 Å². The molecule has 0 aliphatic rings. The number of thiocarbonyl (C=S) groups is 1. The van der Waals surface area contributed by atoms with Crippen LogP contribution >= 0.6 is 128 Å². The largest absolute Gasteiger partial charge is 0.481 e. The molecule has 2 aromatic rings. The van der Waals surface area contributed by atoms with Crippen LogP contribution in [0.5, 0.6) is 0 Å². The van der Waals surface area contributed by atoms with E-state index in [1.807, 2.05) is 47.8 Å². The Bertz CT molecular complexity index is 1790. The quantitative estimate of drug-likeness (QED) is 0.0188. The van der Waals surface area contributed by atoms with Crippen LogP contribution in [0.3, 0.4) is 0 Å². The smallest absolute Gasteiger partial charge is 0.313 e. The molecule has 0 fully saturated rings. The lowest BCUT2D eigenvalue weighted by Gasteiger charge is -2.15. The van der Waals surface area contributed by atoms with Gasteiger partial charge >= 0.3 is 29.8 Å². The van der Waals surface area contributed by atoms with E-state index in [9.17, 15) is 33.6 Å². The van der Waals surface area contributed by atoms with E-state index in [0.717, 1.165) is 102 Å². The second-order valence-corrected chi connectivity index (χ2v) is 26.3. The minimum Gasteiger partial charge on any atom is -0.481 e. The van der Waals surface area contributed by atoms with Crippen LogP contribution < -0.4 is 0 Å². The molecule has 0 bridgehead atoms. The van der Waals surface area contributed by atoms with E-state index in [1.54, 1.807) is 24.3 Å². The van der Waals surface area contributed by atoms with E-state index in [-0.39, 0.29) is 39.3 Å². The second kappa shape index (κ2) is 55.5. The first-order valence-corrected chi connectivity index (χ1v) is 34.1. The number of carbonyl (C=O) groups excluding carboxylic acids is 2. The van der Waals surface area contributed by atoms with Crippen molar-refractivity contribution in [3.8, 4) is 0 Å². The molecule has 0 saturated heterocycles. The Kier molecular flexibility index (Phi) is 57.6. The van der Waals surface area contributed by atoms with Crippen molar-refractivity contribution in [2.24, 2.45) is 0 Å². The normalized spacial score (nSPS) is 12.0. The van der Waals surface area contributed by atoms with Crippen LogP contribution in [0.25, 0.3) is 0 Å². The molecule has 0 aromatic heterocycles. The lowest BCUT2D eigenvalue weighted by atomic mass is 10.1. The summed E-state index contributed by atoms with van der Waals surface area (Å²) in [6.07, 6.45) is 16.6. The first-order valence-electron chi connectivity index (χ1n) is 25.6. The molecule has 0 radical (unpaired) electrons. The summed E-state index contributed by atoms with van der Waals surface area (Å²) < 4.78 is 1.84. The molecule has 2 aromatic carbocycles. The van der Waals surface area contributed by atoms with Crippen LogP contribution in [-0.2, 0) is 24.0 Å². The van der Waals surface area contributed by atoms with Gasteiger partial charge in [0.15, 0.2) is 0 Å². The Morgan fingerprint density at radius 1 is 0.474 bits per heavy atom. The van der Waals surface area contributed by atoms with Gasteiger partial charge in [0.05, 0.1) is 5.75 Å². The third-order valence-corrected chi connectivity index (χ3v) is 18.2. The van der Waals surface area contributed by atoms with Gasteiger partial charge in [0, 0.05) is 72.5 Å². The molecule has 0 aliphatic carbocycles. The lowest BCUT2D eigenvalue weighted by molar-refractivity contribution is -0.138. The first-order chi connectivity index (χ1) is 36.3. The zero-order valence-electron chi connectivity index (χ0n) is 44.4. The summed E-state index contributed by atoms with van der Waals surface area (Å²) in [6.45, 7) is 6.55. The molecule has 0 spiro atoms. The molecular formula is C54H84Br2O12S8. The van der Waals surface area contributed by atoms with Crippen molar-refractivity contribution >= 4 is 174 Å². The highest BCUT2D eigenvalue weighted by atomic mass is 79.9. The van der Waals surface area contributed by atoms with Crippen molar-refractivity contribution < 1.29 is 59.1 Å². The van der Waals surface area contributed by atoms with Crippen LogP contribution in [0.4, 0.5) is 0 Å². The maximum absolute atomic E-state index is 12.6. The number of carbonyl (C=O) groups is 7. The predicted octanol–water partition coefficient (Wildman–Crippen LogP) is 16.4. The lowest BCUT2D eigenvalue weighted by Crippen LogP contribution is -2.10. The van der Waals surface area contributed by atoms with Gasteiger partial charge in [-0.2, -0.15) is 48.8 Å². The summed E-state index contributed by atoms with van der Waals surface area (Å²) in [5.74, 6) is 3.79. The summed E-state index contributed by atoms with van der Waals surface area (Å²) >= 11 is 26.8. The number of rotatable bonds is 39. The van der Waals surface area contributed by atoms with Crippen LogP contribution in [-0.4, -0.2) is 127 Å². The van der Waals surface area contributed by atoms with Crippen molar-refractivity contribution in [1.82, 2.24) is 0 Å². The van der Waals surface area contributed by atoms with Gasteiger partial charge in [-0.3, -0.25) is 33.6 Å². The zero-order valence-corrected chi connectivity index (χ0v) is 54.3. The average molecular weight is 1340 g/mol. The maximum atomic E-state index is 12.6. The summed E-state index contributed by atoms with van der Waals surface area (Å²) in [5, 5.41) is 44.5. The number of carboxylic acids is 5. The Labute approximate surface area is 508 Å². The monoisotopic (exact) mass is 1340 g/mol. The number of hydrogen-bond donors (Lipinski definition) is 7. The molecule has 2 rings (SSSR count). The molecule has 4 atom stereocenters. The average Bonchev–Trinajstić information content (AvgIpc) is 3.37. The topological polar surface area (TPSA) is 221 Å². The number of unbranched alkanes of at least 4 members (excludes halogenated alkanes) is 4. The number of halogens is 2. The van der Waals surface area contributed by atoms with E-state index < -0.39 is 29.8 Å². The Morgan fingerprint density at radius 2 is 0.816 bits per heavy atom. The molecule has 0 saturated carbocycles. The first kappa shape index (κ1) is 78.9. The highest BCUT2D eigenvalue weighted by Gasteiger charge is 2.18. The van der Waals surface area contributed by atoms with Gasteiger partial charge in [-0.15, -0.1) is 11.8 Å². The molecular weight excluding hydrogens is 1260 g/mol. The highest BCUT2D eigenvalue weighted by molar-refractivity contribution is 9.10. The Balaban J connectivity index is -0.000000990. The van der Waals surface area contributed by atoms with Gasteiger partial charge in [-0.25, -0.2) is 0 Å². The maximum Gasteiger partial charge on any atom is 0.313 e. The number of benzene rings is 2. The SMILES string of the molecule is C=S.CCCC(CCCCC(=O)O)SCC.CCSC(CCS)CCCCC(=O)O.O=C(O)CCCCC(CCS)SCC(=O)O.O=C(O)CCCCC(CCSC(=O)c1ccc(Br)cc1)SC(=O)c1ccc(Br)cc1. The van der Waals surface area contributed by atoms with Gasteiger partial charge in [0.1, 0.15) is 0 Å². The number of carboxylic acid groups (broad SMARTS) is 5. The van der Waals surface area contributed by atoms with E-state index in [4.69, 9.17) is 25.5 Å². The molecule has 0 aliphatic heterocycles. The number of aliphatic carboxylic acids is 5. The molecule has 0 heterocycles. The Morgan fingerprint density at radius 3 is 1.14 bits per heavy atom. The standard InChI is InChI=1S/C22H22Br2O4S2.C11H22O2S.C10H18O4S2.C10H20O2S2.CH2S/c23-17-9-5-15(6-10-17)21(27)29-14-13-19(3-1-2-4-20(25)26)30-22(28)16-7-11-18(24)12-8-16;1-3-7-10(14-4-2)8-5-6-9-11(12)13;11-9(12)4-2-1-3-8(5-6-15)16-7-10(13)14;1-2-14-9(7-8-13)5-3-4-6-10(11)12;1-2/h5-12,19H,1-4,13-14H2,(H,25,26);10H,3-9H2,1-2H3,(H,12,13);8,15H,1-7H2,(H,11,12)(H,13,14);9,13H,2-8H2,1H3,(H,11,12);1H2. The number of hydrogen-bond acceptors (Lipinski definition) is 15. The summed E-state index contributed by atoms with van der Waals surface area (Å²) in [7, 11) is 0. The van der Waals surface area contributed by atoms with Gasteiger partial charge in [0.25, 0.3) is 0 Å². The van der Waals surface area contributed by atoms with Crippen molar-refractivity contribution in [1.29, 1.82) is 0 Å². The third-order valence-electron chi connectivity index (χ3n) is 10.5. The highest BCUT2D eigenvalue weighted by Crippen LogP contribution is 2.29. The predicted molar refractivity (Wildman–Crippen MR) is 344 cm³/mol. The fraction of sp³-hybridized carbons (Fsp3) is 0.630. The summed E-state index contributed by atoms with van der Waals surface area (Å²) in [4.78, 5) is 77.0. The second-order valence-electron chi connectivity index (χ2n) is 16.8. The Hall–Kier alpha value is -1.37. The molecule has 434 valence electrons. The number of thiol groups is 2. The summed E-state index contributed by atoms with van der Waals surface area (Å²) in [6, 6.07) is 14.5. The van der Waals surface area contributed by atoms with Crippen LogP contribution in [0.2, 0.25) is 0 Å². The number of thioether (sulfide) groups is 5. The zero-order chi connectivity index (χ0) is 57.9. The van der Waals surface area contributed by atoms with Crippen molar-refractivity contribution in [2.75, 3.05) is 34.5 Å². The van der Waals surface area contributed by atoms with Crippen molar-refractivity contribution in [2.45, 2.75) is 177 Å². The third kappa shape index (κ3) is 52.0. The van der Waals surface area contributed by atoms with Crippen LogP contribution in [0.15, 0.2) is 57.5 Å². The van der Waals surface area contributed by atoms with E-state index in [2.05, 4.69) is 96.0 Å². The van der Waals surface area contributed by atoms with E-state index in [1.165, 1.54) is 60.3 Å². The van der Waals surface area contributed by atoms with Gasteiger partial charge in [0.2, 0.25) is 10.2 Å². The minimum absolute atomic E-state index is 0.00466. The molecule has 12 nitrogen and oxygen atoms in total. The fourth-order valence-corrected chi connectivity index (χ4v) is 13.7. The fourth-order valence-electron chi connectivity index (χ4n) is 6.82. The minimum atomic E-state index is -0.806. The van der Waals surface area contributed by atoms with Gasteiger partial charge < -0.3 is 25.5 Å². The molecule has 0 amide bonds. The molecule has 22 heteroatoms. The van der Waals surface area contributed by atoms with E-state index >= 15 is 0 Å². The van der Waals surface area contributed by atoms with Crippen LogP contribution in [0, 0.1) is 0 Å². The van der Waals surface area contributed by atoms with Gasteiger partial charge in [-0.05, 0) is 154 Å². The summed E-state index contributed by atoms with van der Waals surface area (Å²) in [5.41, 5.74) is 1.29.